The molecule has 0 aromatic heterocycles. The Morgan fingerprint density at radius 3 is 2.32 bits per heavy atom. The number of hydrogen-bond donors (Lipinski definition) is 2. The minimum Gasteiger partial charge on any atom is -0.423 e. The molecule has 2 nitrogen and oxygen atoms in total. The first-order chi connectivity index (χ1) is 13.5. The maximum Gasteiger partial charge on any atom is 0.489 e. The zero-order chi connectivity index (χ0) is 20.3. The third-order valence-electron chi connectivity index (χ3n) is 5.46. The second-order valence-electron chi connectivity index (χ2n) is 6.78. The van der Waals surface area contributed by atoms with Gasteiger partial charge in [0.1, 0.15) is 0 Å². The fourth-order valence-electron chi connectivity index (χ4n) is 4.42. The Balaban J connectivity index is 2.51. The van der Waals surface area contributed by atoms with Crippen molar-refractivity contribution >= 4 is 18.2 Å². The highest BCUT2D eigenvalue weighted by molar-refractivity contribution is 6.60. The summed E-state index contributed by atoms with van der Waals surface area (Å²) in [7, 11) is -1.56. The molecule has 0 heterocycles. The van der Waals surface area contributed by atoms with Gasteiger partial charge >= 0.3 is 7.12 Å². The van der Waals surface area contributed by atoms with E-state index in [4.69, 9.17) is 0 Å². The van der Waals surface area contributed by atoms with E-state index in [0.717, 1.165) is 33.4 Å². The van der Waals surface area contributed by atoms with Gasteiger partial charge in [-0.25, -0.2) is 0 Å². The van der Waals surface area contributed by atoms with Crippen molar-refractivity contribution in [2.45, 2.75) is 19.3 Å². The Bertz CT molecular complexity index is 996. The highest BCUT2D eigenvalue weighted by Gasteiger charge is 2.49. The van der Waals surface area contributed by atoms with E-state index in [2.05, 4.69) is 49.6 Å². The molecule has 0 bridgehead atoms. The summed E-state index contributed by atoms with van der Waals surface area (Å²) in [5, 5.41) is 20.0. The van der Waals surface area contributed by atoms with Gasteiger partial charge in [-0.1, -0.05) is 92.1 Å². The minimum atomic E-state index is -1.56. The first-order valence-corrected chi connectivity index (χ1v) is 9.41. The molecule has 1 aliphatic rings. The van der Waals surface area contributed by atoms with E-state index in [1.165, 1.54) is 0 Å². The van der Waals surface area contributed by atoms with Crippen LogP contribution < -0.4 is 5.46 Å². The van der Waals surface area contributed by atoms with Crippen LogP contribution in [0.5, 0.6) is 0 Å². The molecule has 0 aliphatic heterocycles. The van der Waals surface area contributed by atoms with Gasteiger partial charge in [0, 0.05) is 0 Å². The van der Waals surface area contributed by atoms with Crippen molar-refractivity contribution in [1.29, 1.82) is 0 Å². The molecule has 2 aromatic carbocycles. The van der Waals surface area contributed by atoms with Gasteiger partial charge in [-0.15, -0.1) is 0 Å². The Morgan fingerprint density at radius 1 is 1.04 bits per heavy atom. The molecular formula is C25H25BO2. The molecule has 2 N–H and O–H groups in total. The largest absolute Gasteiger partial charge is 0.489 e. The first-order valence-electron chi connectivity index (χ1n) is 9.41. The summed E-state index contributed by atoms with van der Waals surface area (Å²) in [5.41, 5.74) is 5.75. The third kappa shape index (κ3) is 2.84. The lowest BCUT2D eigenvalue weighted by Crippen LogP contribution is -2.34. The maximum atomic E-state index is 10.00. The smallest absolute Gasteiger partial charge is 0.423 e. The van der Waals surface area contributed by atoms with Crippen LogP contribution in [0.15, 0.2) is 103 Å². The van der Waals surface area contributed by atoms with E-state index >= 15 is 0 Å². The third-order valence-corrected chi connectivity index (χ3v) is 5.46. The molecule has 140 valence electrons. The number of hydrogen-bond acceptors (Lipinski definition) is 2. The van der Waals surface area contributed by atoms with Crippen molar-refractivity contribution in [2.24, 2.45) is 0 Å². The fourth-order valence-corrected chi connectivity index (χ4v) is 4.42. The molecule has 1 unspecified atom stereocenters. The molecule has 0 radical (unpaired) electrons. The average Bonchev–Trinajstić information content (AvgIpc) is 2.98. The normalized spacial score (nSPS) is 20.6. The molecule has 1 atom stereocenters. The Labute approximate surface area is 167 Å². The Morgan fingerprint density at radius 2 is 1.75 bits per heavy atom. The first kappa shape index (κ1) is 19.9. The topological polar surface area (TPSA) is 40.5 Å². The highest BCUT2D eigenvalue weighted by atomic mass is 16.4. The van der Waals surface area contributed by atoms with Crippen LogP contribution in [0.1, 0.15) is 30.5 Å². The molecule has 3 rings (SSSR count). The summed E-state index contributed by atoms with van der Waals surface area (Å²) in [6.07, 6.45) is 9.93. The lowest BCUT2D eigenvalue weighted by Gasteiger charge is -2.35. The number of rotatable bonds is 5. The second kappa shape index (κ2) is 8.01. The molecule has 0 spiro atoms. The van der Waals surface area contributed by atoms with Crippen LogP contribution in [0.2, 0.25) is 0 Å². The molecule has 3 heteroatoms. The summed E-state index contributed by atoms with van der Waals surface area (Å²) in [4.78, 5) is 0. The van der Waals surface area contributed by atoms with Crippen LogP contribution in [0.3, 0.4) is 0 Å². The molecule has 2 aromatic rings. The summed E-state index contributed by atoms with van der Waals surface area (Å²) in [6.45, 7) is 12.2. The van der Waals surface area contributed by atoms with Crippen molar-refractivity contribution < 1.29 is 10.0 Å². The SMILES string of the molecule is C=C/C=C\C(=C/C)C1(c2ccccc2)/C(=C/C)C(=C)c2c(B(O)O)cccc21. The van der Waals surface area contributed by atoms with E-state index in [9.17, 15) is 10.0 Å². The second-order valence-corrected chi connectivity index (χ2v) is 6.78. The van der Waals surface area contributed by atoms with E-state index in [1.807, 2.05) is 44.2 Å². The Hall–Kier alpha value is -2.88. The zero-order valence-electron chi connectivity index (χ0n) is 16.4. The van der Waals surface area contributed by atoms with E-state index in [-0.39, 0.29) is 0 Å². The van der Waals surface area contributed by atoms with Gasteiger partial charge < -0.3 is 10.0 Å². The summed E-state index contributed by atoms with van der Waals surface area (Å²) >= 11 is 0. The van der Waals surface area contributed by atoms with E-state index in [0.29, 0.717) is 5.46 Å². The summed E-state index contributed by atoms with van der Waals surface area (Å²) in [6, 6.07) is 16.0. The van der Waals surface area contributed by atoms with Gasteiger partial charge in [-0.05, 0) is 52.7 Å². The summed E-state index contributed by atoms with van der Waals surface area (Å²) in [5.74, 6) is 0. The zero-order valence-corrected chi connectivity index (χ0v) is 16.4. The quantitative estimate of drug-likeness (QED) is 0.610. The molecule has 0 saturated heterocycles. The molecule has 28 heavy (non-hydrogen) atoms. The lowest BCUT2D eigenvalue weighted by molar-refractivity contribution is 0.425. The highest BCUT2D eigenvalue weighted by Crippen LogP contribution is 2.56. The minimum absolute atomic E-state index is 0.475. The summed E-state index contributed by atoms with van der Waals surface area (Å²) < 4.78 is 0. The van der Waals surface area contributed by atoms with Crippen molar-refractivity contribution in [2.75, 3.05) is 0 Å². The predicted octanol–water partition coefficient (Wildman–Crippen LogP) is 4.31. The van der Waals surface area contributed by atoms with Crippen LogP contribution in [-0.2, 0) is 5.41 Å². The van der Waals surface area contributed by atoms with Gasteiger partial charge in [0.2, 0.25) is 0 Å². The van der Waals surface area contributed by atoms with Gasteiger partial charge in [-0.2, -0.15) is 0 Å². The van der Waals surface area contributed by atoms with Gasteiger partial charge in [0.15, 0.2) is 0 Å². The van der Waals surface area contributed by atoms with Gasteiger partial charge in [0.25, 0.3) is 0 Å². The molecule has 0 saturated carbocycles. The fraction of sp³-hybridized carbons (Fsp3) is 0.120. The van der Waals surface area contributed by atoms with Crippen molar-refractivity contribution in [3.05, 3.63) is 120 Å². The van der Waals surface area contributed by atoms with Crippen molar-refractivity contribution in [1.82, 2.24) is 0 Å². The van der Waals surface area contributed by atoms with Crippen LogP contribution in [0.25, 0.3) is 5.57 Å². The van der Waals surface area contributed by atoms with Crippen LogP contribution in [0.4, 0.5) is 0 Å². The van der Waals surface area contributed by atoms with Crippen LogP contribution in [-0.4, -0.2) is 17.2 Å². The average molecular weight is 368 g/mol. The van der Waals surface area contributed by atoms with Crippen molar-refractivity contribution in [3.8, 4) is 0 Å². The Kier molecular flexibility index (Phi) is 5.69. The number of benzene rings is 2. The maximum absolute atomic E-state index is 10.00. The van der Waals surface area contributed by atoms with Gasteiger partial charge in [0.05, 0.1) is 5.41 Å². The van der Waals surface area contributed by atoms with E-state index < -0.39 is 12.5 Å². The molecule has 1 aliphatic carbocycles. The number of fused-ring (bicyclic) bond motifs is 1. The molecule has 0 fully saturated rings. The lowest BCUT2D eigenvalue weighted by atomic mass is 9.66. The van der Waals surface area contributed by atoms with Gasteiger partial charge in [-0.3, -0.25) is 0 Å². The monoisotopic (exact) mass is 368 g/mol. The van der Waals surface area contributed by atoms with Crippen LogP contribution >= 0.6 is 0 Å². The van der Waals surface area contributed by atoms with Crippen molar-refractivity contribution in [3.63, 3.8) is 0 Å². The van der Waals surface area contributed by atoms with E-state index in [1.54, 1.807) is 12.1 Å². The van der Waals surface area contributed by atoms with Crippen LogP contribution in [0, 0.1) is 0 Å². The number of allylic oxidation sites excluding steroid dienone is 8. The standard InChI is InChI=1S/C25H25BO2/c1-5-8-13-19(6-2)25(20-14-10-9-11-15-20)21(7-3)18(4)24-22(25)16-12-17-23(24)26(27)28/h5-17,27-28H,1,4H2,2-3H3/b13-8-,19-6+,21-7+. The predicted molar refractivity (Wildman–Crippen MR) is 119 cm³/mol. The molecule has 0 amide bonds. The molecular weight excluding hydrogens is 343 g/mol.